The van der Waals surface area contributed by atoms with Crippen LogP contribution in [0.1, 0.15) is 80.1 Å². The second-order valence-electron chi connectivity index (χ2n) is 8.04. The van der Waals surface area contributed by atoms with Crippen molar-refractivity contribution in [2.24, 2.45) is 0 Å². The largest absolute Gasteiger partial charge is 0.423 e. The van der Waals surface area contributed by atoms with Crippen LogP contribution in [0.3, 0.4) is 0 Å². The first-order chi connectivity index (χ1) is 15.4. The van der Waals surface area contributed by atoms with Crippen LogP contribution in [0.15, 0.2) is 53.4 Å². The van der Waals surface area contributed by atoms with Crippen LogP contribution in [-0.4, -0.2) is 30.7 Å². The summed E-state index contributed by atoms with van der Waals surface area (Å²) in [5.41, 5.74) is 1.61. The van der Waals surface area contributed by atoms with Crippen LogP contribution in [0.2, 0.25) is 0 Å². The molecule has 0 aromatic heterocycles. The molecule has 0 radical (unpaired) electrons. The van der Waals surface area contributed by atoms with E-state index in [1.807, 2.05) is 12.1 Å². The van der Waals surface area contributed by atoms with Gasteiger partial charge < -0.3 is 9.84 Å². The highest BCUT2D eigenvalue weighted by Gasteiger charge is 2.12. The summed E-state index contributed by atoms with van der Waals surface area (Å²) >= 11 is 0. The average Bonchev–Trinajstić information content (AvgIpc) is 2.77. The molecule has 2 rings (SSSR count). The Morgan fingerprint density at radius 3 is 1.72 bits per heavy atom. The molecule has 32 heavy (non-hydrogen) atoms. The lowest BCUT2D eigenvalue weighted by Crippen LogP contribution is -2.08. The van der Waals surface area contributed by atoms with E-state index in [2.05, 4.69) is 0 Å². The van der Waals surface area contributed by atoms with Crippen LogP contribution in [0.4, 0.5) is 0 Å². The van der Waals surface area contributed by atoms with Crippen molar-refractivity contribution in [3.63, 3.8) is 0 Å². The molecule has 0 unspecified atom stereocenters. The molecule has 0 spiro atoms. The van der Waals surface area contributed by atoms with E-state index in [-0.39, 0.29) is 10.6 Å². The van der Waals surface area contributed by atoms with Crippen LogP contribution < -0.4 is 4.74 Å². The number of esters is 1. The lowest BCUT2D eigenvalue weighted by Gasteiger charge is -2.06. The quantitative estimate of drug-likeness (QED) is 0.155. The van der Waals surface area contributed by atoms with E-state index in [9.17, 15) is 13.2 Å². The molecule has 176 valence electrons. The van der Waals surface area contributed by atoms with Crippen LogP contribution in [0.25, 0.3) is 0 Å². The van der Waals surface area contributed by atoms with Gasteiger partial charge in [0.25, 0.3) is 10.1 Å². The summed E-state index contributed by atoms with van der Waals surface area (Å²) < 4.78 is 36.3. The summed E-state index contributed by atoms with van der Waals surface area (Å²) in [4.78, 5) is 12.0. The van der Waals surface area contributed by atoms with Gasteiger partial charge in [0.1, 0.15) is 5.75 Å². The molecule has 0 atom stereocenters. The Hall–Kier alpha value is -2.22. The van der Waals surface area contributed by atoms with E-state index >= 15 is 0 Å². The van der Waals surface area contributed by atoms with E-state index in [0.29, 0.717) is 12.2 Å². The zero-order valence-electron chi connectivity index (χ0n) is 18.5. The fourth-order valence-corrected chi connectivity index (χ4v) is 3.99. The lowest BCUT2D eigenvalue weighted by molar-refractivity contribution is 0.0734. The molecule has 6 nitrogen and oxygen atoms in total. The molecule has 2 aromatic carbocycles. The van der Waals surface area contributed by atoms with Crippen LogP contribution in [0.5, 0.6) is 5.75 Å². The summed E-state index contributed by atoms with van der Waals surface area (Å²) in [6.07, 6.45) is 13.0. The van der Waals surface area contributed by atoms with Gasteiger partial charge in [-0.3, -0.25) is 4.55 Å². The number of rotatable bonds is 15. The van der Waals surface area contributed by atoms with Gasteiger partial charge >= 0.3 is 5.97 Å². The third-order valence-corrected chi connectivity index (χ3v) is 6.26. The van der Waals surface area contributed by atoms with E-state index in [0.717, 1.165) is 25.7 Å². The second-order valence-corrected chi connectivity index (χ2v) is 9.46. The minimum atomic E-state index is -4.27. The third-order valence-electron chi connectivity index (χ3n) is 5.40. The number of ether oxygens (including phenoxy) is 1. The predicted octanol–water partition coefficient (Wildman–Crippen LogP) is 5.59. The van der Waals surface area contributed by atoms with Gasteiger partial charge in [0.15, 0.2) is 0 Å². The lowest BCUT2D eigenvalue weighted by atomic mass is 10.0. The highest BCUT2D eigenvalue weighted by molar-refractivity contribution is 7.85. The van der Waals surface area contributed by atoms with Crippen molar-refractivity contribution < 1.29 is 27.6 Å². The number of aliphatic hydroxyl groups excluding tert-OH is 1. The molecule has 0 heterocycles. The van der Waals surface area contributed by atoms with Gasteiger partial charge in [0, 0.05) is 6.61 Å². The van der Waals surface area contributed by atoms with Crippen LogP contribution in [-0.2, 0) is 16.5 Å². The van der Waals surface area contributed by atoms with Crippen molar-refractivity contribution in [2.75, 3.05) is 6.61 Å². The van der Waals surface area contributed by atoms with Crippen LogP contribution >= 0.6 is 0 Å². The summed E-state index contributed by atoms with van der Waals surface area (Å²) in [5, 5.41) is 8.75. The van der Waals surface area contributed by atoms with Crippen molar-refractivity contribution in [2.45, 2.75) is 75.5 Å². The number of carbonyl (C=O) groups excluding carboxylic acids is 1. The summed E-state index contributed by atoms with van der Waals surface area (Å²) in [7, 11) is -4.27. The first kappa shape index (κ1) is 26.0. The Kier molecular flexibility index (Phi) is 11.4. The average molecular weight is 463 g/mol. The molecule has 0 saturated carbocycles. The van der Waals surface area contributed by atoms with E-state index in [4.69, 9.17) is 14.4 Å². The van der Waals surface area contributed by atoms with Crippen molar-refractivity contribution >= 4 is 16.1 Å². The second kappa shape index (κ2) is 14.0. The molecule has 0 aliphatic carbocycles. The van der Waals surface area contributed by atoms with Gasteiger partial charge in [-0.15, -0.1) is 0 Å². The molecule has 0 amide bonds. The van der Waals surface area contributed by atoms with Gasteiger partial charge in [-0.25, -0.2) is 4.79 Å². The van der Waals surface area contributed by atoms with Gasteiger partial charge in [-0.05, 0) is 61.2 Å². The molecule has 0 aliphatic rings. The van der Waals surface area contributed by atoms with Crippen molar-refractivity contribution in [3.8, 4) is 5.75 Å². The zero-order valence-corrected chi connectivity index (χ0v) is 19.4. The number of aryl methyl sites for hydroxylation is 1. The smallest absolute Gasteiger partial charge is 0.343 e. The summed E-state index contributed by atoms with van der Waals surface area (Å²) in [5.74, 6) is -0.316. The summed E-state index contributed by atoms with van der Waals surface area (Å²) in [6.45, 7) is 0.309. The standard InChI is InChI=1S/C25H34O6S/c26-20-10-8-6-4-2-1-3-5-7-9-11-21-12-14-22(15-13-21)25(27)31-23-16-18-24(19-17-23)32(28,29)30/h12-19,26H,1-11,20H2,(H,28,29,30). The Bertz CT molecular complexity index is 904. The van der Waals surface area contributed by atoms with E-state index in [1.165, 1.54) is 74.8 Å². The zero-order chi connectivity index (χ0) is 23.2. The van der Waals surface area contributed by atoms with Crippen molar-refractivity contribution in [1.82, 2.24) is 0 Å². The maximum Gasteiger partial charge on any atom is 0.343 e. The number of hydrogen-bond acceptors (Lipinski definition) is 5. The van der Waals surface area contributed by atoms with Gasteiger partial charge in [-0.1, -0.05) is 63.5 Å². The Morgan fingerprint density at radius 2 is 1.22 bits per heavy atom. The molecular formula is C25H34O6S. The first-order valence-corrected chi connectivity index (χ1v) is 12.8. The molecule has 0 saturated heterocycles. The van der Waals surface area contributed by atoms with Gasteiger partial charge in [-0.2, -0.15) is 8.42 Å². The van der Waals surface area contributed by atoms with Crippen molar-refractivity contribution in [1.29, 1.82) is 0 Å². The first-order valence-electron chi connectivity index (χ1n) is 11.4. The van der Waals surface area contributed by atoms with Gasteiger partial charge in [0.2, 0.25) is 0 Å². The molecule has 2 N–H and O–H groups in total. The Balaban J connectivity index is 1.64. The normalized spacial score (nSPS) is 11.4. The minimum Gasteiger partial charge on any atom is -0.423 e. The van der Waals surface area contributed by atoms with Crippen molar-refractivity contribution in [3.05, 3.63) is 59.7 Å². The fraction of sp³-hybridized carbons (Fsp3) is 0.480. The number of unbranched alkanes of at least 4 members (excludes halogenated alkanes) is 9. The molecule has 0 fully saturated rings. The molecule has 0 aliphatic heterocycles. The van der Waals surface area contributed by atoms with E-state index < -0.39 is 16.1 Å². The number of aliphatic hydroxyl groups is 1. The number of hydrogen-bond donors (Lipinski definition) is 2. The van der Waals surface area contributed by atoms with E-state index in [1.54, 1.807) is 12.1 Å². The predicted molar refractivity (Wildman–Crippen MR) is 125 cm³/mol. The number of carbonyl (C=O) groups is 1. The maximum absolute atomic E-state index is 12.3. The molecule has 7 heteroatoms. The highest BCUT2D eigenvalue weighted by atomic mass is 32.2. The molecule has 2 aromatic rings. The fourth-order valence-electron chi connectivity index (χ4n) is 3.51. The monoisotopic (exact) mass is 462 g/mol. The molecular weight excluding hydrogens is 428 g/mol. The maximum atomic E-state index is 12.3. The van der Waals surface area contributed by atoms with Gasteiger partial charge in [0.05, 0.1) is 10.5 Å². The molecule has 0 bridgehead atoms. The number of benzene rings is 2. The minimum absolute atomic E-state index is 0.205. The summed E-state index contributed by atoms with van der Waals surface area (Å²) in [6, 6.07) is 12.4. The third kappa shape index (κ3) is 9.94. The van der Waals surface area contributed by atoms with Crippen LogP contribution in [0, 0.1) is 0 Å². The Morgan fingerprint density at radius 1 is 0.719 bits per heavy atom. The Labute approximate surface area is 191 Å². The SMILES string of the molecule is O=C(Oc1ccc(S(=O)(=O)O)cc1)c1ccc(CCCCCCCCCCCCO)cc1. The topological polar surface area (TPSA) is 101 Å². The highest BCUT2D eigenvalue weighted by Crippen LogP contribution is 2.18.